The van der Waals surface area contributed by atoms with E-state index in [0.29, 0.717) is 16.4 Å². The standard InChI is InChI=1S/C13H9Cl2FN2O/c14-7-1-4-12(10(15)5-7)18-13(19)9-6-8(17)2-3-11(9)16/h1-6H,17H2,(H,18,19). The third kappa shape index (κ3) is 3.16. The number of benzene rings is 2. The minimum Gasteiger partial charge on any atom is -0.399 e. The van der Waals surface area contributed by atoms with Crippen molar-refractivity contribution in [2.75, 3.05) is 11.1 Å². The number of hydrogen-bond donors (Lipinski definition) is 2. The van der Waals surface area contributed by atoms with Crippen molar-refractivity contribution in [3.05, 3.63) is 57.8 Å². The third-order valence-electron chi connectivity index (χ3n) is 2.41. The molecule has 0 bridgehead atoms. The minimum atomic E-state index is -0.656. The molecule has 6 heteroatoms. The molecule has 0 aliphatic heterocycles. The number of nitrogens with two attached hydrogens (primary N) is 1. The number of nitrogens with one attached hydrogen (secondary N) is 1. The zero-order chi connectivity index (χ0) is 14.0. The molecular formula is C13H9Cl2FN2O. The Balaban J connectivity index is 2.28. The second kappa shape index (κ2) is 5.47. The van der Waals surface area contributed by atoms with Gasteiger partial charge in [0, 0.05) is 10.7 Å². The Morgan fingerprint density at radius 2 is 1.89 bits per heavy atom. The molecule has 0 unspecified atom stereocenters. The molecular weight excluding hydrogens is 290 g/mol. The zero-order valence-electron chi connectivity index (χ0n) is 9.58. The number of nitrogen functional groups attached to an aromatic ring is 1. The van der Waals surface area contributed by atoms with Gasteiger partial charge in [0.25, 0.3) is 5.91 Å². The Kier molecular flexibility index (Phi) is 3.93. The maximum atomic E-state index is 13.5. The first-order chi connectivity index (χ1) is 8.97. The van der Waals surface area contributed by atoms with Gasteiger partial charge in [-0.05, 0) is 36.4 Å². The van der Waals surface area contributed by atoms with Gasteiger partial charge in [-0.25, -0.2) is 4.39 Å². The lowest BCUT2D eigenvalue weighted by molar-refractivity contribution is 0.102. The largest absolute Gasteiger partial charge is 0.399 e. The van der Waals surface area contributed by atoms with Gasteiger partial charge in [-0.15, -0.1) is 0 Å². The molecule has 0 aromatic heterocycles. The fourth-order valence-electron chi connectivity index (χ4n) is 1.50. The third-order valence-corrected chi connectivity index (χ3v) is 2.96. The molecule has 3 nitrogen and oxygen atoms in total. The molecule has 3 N–H and O–H groups in total. The molecule has 0 radical (unpaired) electrons. The van der Waals surface area contributed by atoms with Crippen molar-refractivity contribution in [1.29, 1.82) is 0 Å². The number of halogens is 3. The van der Waals surface area contributed by atoms with Gasteiger partial charge in [0.05, 0.1) is 16.3 Å². The normalized spacial score (nSPS) is 10.3. The Morgan fingerprint density at radius 1 is 1.16 bits per heavy atom. The summed E-state index contributed by atoms with van der Waals surface area (Å²) in [4.78, 5) is 11.9. The highest BCUT2D eigenvalue weighted by Crippen LogP contribution is 2.26. The van der Waals surface area contributed by atoms with Gasteiger partial charge < -0.3 is 11.1 Å². The van der Waals surface area contributed by atoms with Crippen LogP contribution >= 0.6 is 23.2 Å². The first-order valence-corrected chi connectivity index (χ1v) is 6.04. The summed E-state index contributed by atoms with van der Waals surface area (Å²) >= 11 is 11.7. The lowest BCUT2D eigenvalue weighted by Gasteiger charge is -2.08. The van der Waals surface area contributed by atoms with Gasteiger partial charge in [0.1, 0.15) is 5.82 Å². The second-order valence-electron chi connectivity index (χ2n) is 3.82. The molecule has 0 heterocycles. The highest BCUT2D eigenvalue weighted by molar-refractivity contribution is 6.36. The summed E-state index contributed by atoms with van der Waals surface area (Å²) in [5.41, 5.74) is 6.02. The average Bonchev–Trinajstić information content (AvgIpc) is 2.35. The van der Waals surface area contributed by atoms with E-state index in [-0.39, 0.29) is 10.6 Å². The van der Waals surface area contributed by atoms with E-state index in [4.69, 9.17) is 28.9 Å². The zero-order valence-corrected chi connectivity index (χ0v) is 11.1. The Morgan fingerprint density at radius 3 is 2.58 bits per heavy atom. The molecule has 0 spiro atoms. The monoisotopic (exact) mass is 298 g/mol. The predicted octanol–water partition coefficient (Wildman–Crippen LogP) is 3.97. The number of hydrogen-bond acceptors (Lipinski definition) is 2. The SMILES string of the molecule is Nc1ccc(F)c(C(=O)Nc2ccc(Cl)cc2Cl)c1. The van der Waals surface area contributed by atoms with E-state index in [1.165, 1.54) is 24.3 Å². The lowest BCUT2D eigenvalue weighted by Crippen LogP contribution is -2.14. The Labute approximate surface area is 119 Å². The molecule has 0 fully saturated rings. The molecule has 0 saturated carbocycles. The van der Waals surface area contributed by atoms with E-state index in [0.717, 1.165) is 6.07 Å². The number of carbonyl (C=O) groups is 1. The second-order valence-corrected chi connectivity index (χ2v) is 4.66. The number of anilines is 2. The van der Waals surface area contributed by atoms with Crippen LogP contribution in [0.3, 0.4) is 0 Å². The van der Waals surface area contributed by atoms with Crippen molar-refractivity contribution in [2.45, 2.75) is 0 Å². The molecule has 98 valence electrons. The average molecular weight is 299 g/mol. The van der Waals surface area contributed by atoms with Crippen molar-refractivity contribution in [2.24, 2.45) is 0 Å². The van der Waals surface area contributed by atoms with Gasteiger partial charge >= 0.3 is 0 Å². The predicted molar refractivity (Wildman–Crippen MR) is 75.2 cm³/mol. The molecule has 0 atom stereocenters. The first-order valence-electron chi connectivity index (χ1n) is 5.29. The summed E-state index contributed by atoms with van der Waals surface area (Å²) in [5.74, 6) is -1.29. The van der Waals surface area contributed by atoms with E-state index in [1.54, 1.807) is 6.07 Å². The summed E-state index contributed by atoms with van der Waals surface area (Å²) in [6.07, 6.45) is 0. The van der Waals surface area contributed by atoms with Crippen LogP contribution in [0.25, 0.3) is 0 Å². The van der Waals surface area contributed by atoms with Crippen LogP contribution in [-0.4, -0.2) is 5.91 Å². The Bertz CT molecular complexity index is 647. The van der Waals surface area contributed by atoms with E-state index in [2.05, 4.69) is 5.32 Å². The van der Waals surface area contributed by atoms with Gasteiger partial charge in [0.2, 0.25) is 0 Å². The van der Waals surface area contributed by atoms with Gasteiger partial charge in [-0.3, -0.25) is 4.79 Å². The maximum absolute atomic E-state index is 13.5. The van der Waals surface area contributed by atoms with Crippen LogP contribution < -0.4 is 11.1 Å². The summed E-state index contributed by atoms with van der Waals surface area (Å²) in [6, 6.07) is 8.35. The highest BCUT2D eigenvalue weighted by Gasteiger charge is 2.13. The smallest absolute Gasteiger partial charge is 0.258 e. The molecule has 2 aromatic carbocycles. The van der Waals surface area contributed by atoms with Gasteiger partial charge in [0.15, 0.2) is 0 Å². The van der Waals surface area contributed by atoms with E-state index < -0.39 is 11.7 Å². The van der Waals surface area contributed by atoms with Gasteiger partial charge in [-0.1, -0.05) is 23.2 Å². The fraction of sp³-hybridized carbons (Fsp3) is 0. The maximum Gasteiger partial charge on any atom is 0.258 e. The number of carbonyl (C=O) groups excluding carboxylic acids is 1. The van der Waals surface area contributed by atoms with Crippen LogP contribution in [0.15, 0.2) is 36.4 Å². The van der Waals surface area contributed by atoms with Crippen LogP contribution in [0.5, 0.6) is 0 Å². The van der Waals surface area contributed by atoms with Gasteiger partial charge in [-0.2, -0.15) is 0 Å². The van der Waals surface area contributed by atoms with Crippen molar-refractivity contribution in [3.8, 4) is 0 Å². The number of rotatable bonds is 2. The van der Waals surface area contributed by atoms with Crippen LogP contribution in [0.1, 0.15) is 10.4 Å². The summed E-state index contributed by atoms with van der Waals surface area (Å²) in [5, 5.41) is 3.21. The van der Waals surface area contributed by atoms with E-state index >= 15 is 0 Å². The molecule has 0 saturated heterocycles. The molecule has 19 heavy (non-hydrogen) atoms. The lowest BCUT2D eigenvalue weighted by atomic mass is 10.1. The van der Waals surface area contributed by atoms with Crippen molar-refractivity contribution >= 4 is 40.5 Å². The Hall–Kier alpha value is -1.78. The number of amides is 1. The van der Waals surface area contributed by atoms with Crippen molar-refractivity contribution in [1.82, 2.24) is 0 Å². The molecule has 1 amide bonds. The van der Waals surface area contributed by atoms with E-state index in [1.807, 2.05) is 0 Å². The molecule has 2 rings (SSSR count). The van der Waals surface area contributed by atoms with Crippen LogP contribution in [0.4, 0.5) is 15.8 Å². The fourth-order valence-corrected chi connectivity index (χ4v) is 1.95. The van der Waals surface area contributed by atoms with Crippen molar-refractivity contribution in [3.63, 3.8) is 0 Å². The summed E-state index contributed by atoms with van der Waals surface area (Å²) < 4.78 is 13.5. The quantitative estimate of drug-likeness (QED) is 0.824. The topological polar surface area (TPSA) is 55.1 Å². The van der Waals surface area contributed by atoms with Crippen LogP contribution in [0, 0.1) is 5.82 Å². The summed E-state index contributed by atoms with van der Waals surface area (Å²) in [6.45, 7) is 0. The first kappa shape index (κ1) is 13.6. The molecule has 0 aliphatic rings. The molecule has 2 aromatic rings. The minimum absolute atomic E-state index is 0.147. The summed E-state index contributed by atoms with van der Waals surface area (Å²) in [7, 11) is 0. The molecule has 0 aliphatic carbocycles. The van der Waals surface area contributed by atoms with Crippen LogP contribution in [0.2, 0.25) is 10.0 Å². The highest BCUT2D eigenvalue weighted by atomic mass is 35.5. The van der Waals surface area contributed by atoms with Crippen LogP contribution in [-0.2, 0) is 0 Å². The van der Waals surface area contributed by atoms with Crippen molar-refractivity contribution < 1.29 is 9.18 Å². The van der Waals surface area contributed by atoms with E-state index in [9.17, 15) is 9.18 Å².